The fourth-order valence-electron chi connectivity index (χ4n) is 3.55. The van der Waals surface area contributed by atoms with Crippen molar-refractivity contribution in [2.24, 2.45) is 0 Å². The first kappa shape index (κ1) is 21.1. The van der Waals surface area contributed by atoms with E-state index in [9.17, 15) is 4.79 Å². The topological polar surface area (TPSA) is 29.5 Å². The minimum atomic E-state index is -0.325. The molecule has 0 N–H and O–H groups in total. The number of hydrogen-bond acceptors (Lipinski definition) is 3. The van der Waals surface area contributed by atoms with Gasteiger partial charge >= 0.3 is 5.97 Å². The first-order valence-corrected chi connectivity index (χ1v) is 10.7. The van der Waals surface area contributed by atoms with Crippen molar-refractivity contribution < 1.29 is 9.53 Å². The molecule has 0 aliphatic rings. The number of carbonyl (C=O) groups is 1. The quantitative estimate of drug-likeness (QED) is 0.231. The Kier molecular flexibility index (Phi) is 6.78. The third-order valence-corrected chi connectivity index (χ3v) is 5.10. The monoisotopic (exact) mass is 419 g/mol. The SMILES string of the molecule is CCOC(=O)/C=C/c1ccc(-c2ccc(N(c3ccccc3)c3ccccc3)cc2)cc1. The maximum Gasteiger partial charge on any atom is 0.330 e. The molecule has 3 heteroatoms. The van der Waals surface area contributed by atoms with Crippen molar-refractivity contribution in [1.29, 1.82) is 0 Å². The van der Waals surface area contributed by atoms with Gasteiger partial charge < -0.3 is 9.64 Å². The Morgan fingerprint density at radius 1 is 0.688 bits per heavy atom. The summed E-state index contributed by atoms with van der Waals surface area (Å²) in [5.74, 6) is -0.325. The van der Waals surface area contributed by atoms with Gasteiger partial charge in [0.2, 0.25) is 0 Å². The van der Waals surface area contributed by atoms with E-state index in [1.165, 1.54) is 6.08 Å². The minimum absolute atomic E-state index is 0.325. The van der Waals surface area contributed by atoms with Crippen LogP contribution in [0.2, 0.25) is 0 Å². The molecule has 0 saturated carbocycles. The average Bonchev–Trinajstić information content (AvgIpc) is 2.85. The second-order valence-electron chi connectivity index (χ2n) is 7.26. The molecular weight excluding hydrogens is 394 g/mol. The first-order chi connectivity index (χ1) is 15.7. The Morgan fingerprint density at radius 2 is 1.16 bits per heavy atom. The Bertz CT molecular complexity index is 1130. The van der Waals surface area contributed by atoms with Crippen molar-refractivity contribution in [1.82, 2.24) is 0 Å². The van der Waals surface area contributed by atoms with E-state index in [4.69, 9.17) is 4.74 Å². The number of nitrogens with zero attached hydrogens (tertiary/aromatic N) is 1. The zero-order valence-electron chi connectivity index (χ0n) is 18.0. The van der Waals surface area contributed by atoms with Crippen molar-refractivity contribution in [3.8, 4) is 11.1 Å². The van der Waals surface area contributed by atoms with Crippen LogP contribution in [0.1, 0.15) is 12.5 Å². The Labute approximate surface area is 189 Å². The molecule has 0 bridgehead atoms. The number of benzene rings is 4. The molecule has 0 atom stereocenters. The molecule has 32 heavy (non-hydrogen) atoms. The summed E-state index contributed by atoms with van der Waals surface area (Å²) in [4.78, 5) is 13.7. The summed E-state index contributed by atoms with van der Waals surface area (Å²) >= 11 is 0. The molecular formula is C29H25NO2. The highest BCUT2D eigenvalue weighted by Crippen LogP contribution is 2.35. The number of para-hydroxylation sites is 2. The summed E-state index contributed by atoms with van der Waals surface area (Å²) in [6.07, 6.45) is 3.22. The lowest BCUT2D eigenvalue weighted by atomic mass is 10.0. The van der Waals surface area contributed by atoms with Gasteiger partial charge in [-0.15, -0.1) is 0 Å². The molecule has 0 aliphatic heterocycles. The maximum absolute atomic E-state index is 11.5. The number of carbonyl (C=O) groups excluding carboxylic acids is 1. The molecule has 0 saturated heterocycles. The Morgan fingerprint density at radius 3 is 1.66 bits per heavy atom. The lowest BCUT2D eigenvalue weighted by Gasteiger charge is -2.25. The number of anilines is 3. The summed E-state index contributed by atoms with van der Waals surface area (Å²) < 4.78 is 4.92. The van der Waals surface area contributed by atoms with E-state index in [2.05, 4.69) is 89.8 Å². The smallest absolute Gasteiger partial charge is 0.330 e. The highest BCUT2D eigenvalue weighted by Gasteiger charge is 2.11. The summed E-state index contributed by atoms with van der Waals surface area (Å²) in [5.41, 5.74) is 6.54. The molecule has 0 spiro atoms. The molecule has 0 aromatic heterocycles. The van der Waals surface area contributed by atoms with E-state index in [0.29, 0.717) is 6.61 Å². The number of hydrogen-bond donors (Lipinski definition) is 0. The Hall–Kier alpha value is -4.11. The molecule has 0 fully saturated rings. The zero-order chi connectivity index (χ0) is 22.2. The first-order valence-electron chi connectivity index (χ1n) is 10.7. The van der Waals surface area contributed by atoms with Crippen LogP contribution in [0.25, 0.3) is 17.2 Å². The fourth-order valence-corrected chi connectivity index (χ4v) is 3.55. The lowest BCUT2D eigenvalue weighted by Crippen LogP contribution is -2.09. The van der Waals surface area contributed by atoms with Crippen molar-refractivity contribution in [3.05, 3.63) is 121 Å². The van der Waals surface area contributed by atoms with Crippen molar-refractivity contribution >= 4 is 29.1 Å². The molecule has 0 aliphatic carbocycles. The molecule has 4 aromatic carbocycles. The van der Waals surface area contributed by atoms with Crippen LogP contribution in [0.5, 0.6) is 0 Å². The van der Waals surface area contributed by atoms with Crippen LogP contribution in [-0.2, 0) is 9.53 Å². The van der Waals surface area contributed by atoms with E-state index in [0.717, 1.165) is 33.8 Å². The van der Waals surface area contributed by atoms with Gasteiger partial charge in [-0.3, -0.25) is 0 Å². The lowest BCUT2D eigenvalue weighted by molar-refractivity contribution is -0.137. The van der Waals surface area contributed by atoms with Crippen LogP contribution in [0.3, 0.4) is 0 Å². The largest absolute Gasteiger partial charge is 0.463 e. The normalized spacial score (nSPS) is 10.8. The number of esters is 1. The molecule has 0 unspecified atom stereocenters. The van der Waals surface area contributed by atoms with E-state index in [1.807, 2.05) is 24.3 Å². The van der Waals surface area contributed by atoms with Crippen LogP contribution in [0.15, 0.2) is 115 Å². The van der Waals surface area contributed by atoms with Crippen molar-refractivity contribution in [2.45, 2.75) is 6.92 Å². The molecule has 0 heterocycles. The predicted molar refractivity (Wildman–Crippen MR) is 132 cm³/mol. The van der Waals surface area contributed by atoms with Gasteiger partial charge in [0.15, 0.2) is 0 Å². The van der Waals surface area contributed by atoms with Crippen LogP contribution in [0.4, 0.5) is 17.1 Å². The van der Waals surface area contributed by atoms with Gasteiger partial charge in [-0.1, -0.05) is 72.8 Å². The van der Waals surface area contributed by atoms with Gasteiger partial charge in [-0.25, -0.2) is 4.79 Å². The van der Waals surface area contributed by atoms with Crippen LogP contribution < -0.4 is 4.90 Å². The fraction of sp³-hybridized carbons (Fsp3) is 0.0690. The summed E-state index contributed by atoms with van der Waals surface area (Å²) in [6, 6.07) is 37.4. The predicted octanol–water partition coefficient (Wildman–Crippen LogP) is 7.40. The zero-order valence-corrected chi connectivity index (χ0v) is 18.0. The van der Waals surface area contributed by atoms with Gasteiger partial charge in [-0.2, -0.15) is 0 Å². The van der Waals surface area contributed by atoms with Crippen molar-refractivity contribution in [3.63, 3.8) is 0 Å². The Balaban J connectivity index is 1.57. The summed E-state index contributed by atoms with van der Waals surface area (Å²) in [5, 5.41) is 0. The van der Waals surface area contributed by atoms with Gasteiger partial charge in [0.05, 0.1) is 6.61 Å². The second-order valence-corrected chi connectivity index (χ2v) is 7.26. The average molecular weight is 420 g/mol. The van der Waals surface area contributed by atoms with Crippen LogP contribution >= 0.6 is 0 Å². The molecule has 4 rings (SSSR count). The molecule has 0 amide bonds. The number of ether oxygens (including phenoxy) is 1. The second kappa shape index (κ2) is 10.3. The van der Waals surface area contributed by atoms with Crippen LogP contribution in [-0.4, -0.2) is 12.6 Å². The van der Waals surface area contributed by atoms with Gasteiger partial charge in [0, 0.05) is 23.1 Å². The standard InChI is InChI=1S/C29H25NO2/c1-2-32-29(31)22-15-23-13-16-24(17-14-23)25-18-20-28(21-19-25)30(26-9-5-3-6-10-26)27-11-7-4-8-12-27/h3-22H,2H2,1H3/b22-15+. The highest BCUT2D eigenvalue weighted by molar-refractivity contribution is 5.87. The molecule has 158 valence electrons. The van der Waals surface area contributed by atoms with Crippen LogP contribution in [0, 0.1) is 0 Å². The highest BCUT2D eigenvalue weighted by atomic mass is 16.5. The van der Waals surface area contributed by atoms with Crippen molar-refractivity contribution in [2.75, 3.05) is 11.5 Å². The third kappa shape index (κ3) is 5.13. The maximum atomic E-state index is 11.5. The van der Waals surface area contributed by atoms with E-state index in [1.54, 1.807) is 13.0 Å². The van der Waals surface area contributed by atoms with E-state index < -0.39 is 0 Å². The third-order valence-electron chi connectivity index (χ3n) is 5.10. The summed E-state index contributed by atoms with van der Waals surface area (Å²) in [7, 11) is 0. The minimum Gasteiger partial charge on any atom is -0.463 e. The summed E-state index contributed by atoms with van der Waals surface area (Å²) in [6.45, 7) is 2.18. The molecule has 3 nitrogen and oxygen atoms in total. The van der Waals surface area contributed by atoms with Gasteiger partial charge in [0.25, 0.3) is 0 Å². The molecule has 0 radical (unpaired) electrons. The molecule has 4 aromatic rings. The van der Waals surface area contributed by atoms with E-state index in [-0.39, 0.29) is 5.97 Å². The van der Waals surface area contributed by atoms with Gasteiger partial charge in [-0.05, 0) is 66.1 Å². The van der Waals surface area contributed by atoms with Gasteiger partial charge in [0.1, 0.15) is 0 Å². The number of rotatable bonds is 7. The van der Waals surface area contributed by atoms with E-state index >= 15 is 0 Å².